The molecule has 0 saturated carbocycles. The molecule has 5 heteroatoms. The lowest BCUT2D eigenvalue weighted by molar-refractivity contribution is -0.133. The van der Waals surface area contributed by atoms with Crippen molar-refractivity contribution in [3.8, 4) is 5.75 Å². The molecule has 1 heterocycles. The second-order valence-electron chi connectivity index (χ2n) is 4.78. The maximum Gasteiger partial charge on any atom is 0.260 e. The summed E-state index contributed by atoms with van der Waals surface area (Å²) >= 11 is 5.92. The summed E-state index contributed by atoms with van der Waals surface area (Å²) in [6.07, 6.45) is 0.602. The highest BCUT2D eigenvalue weighted by Gasteiger charge is 2.33. The molecule has 1 atom stereocenters. The SMILES string of the molecule is CC1(O)CCN(C(=O)COc2ccccc2Cl)C1. The van der Waals surface area contributed by atoms with Gasteiger partial charge in [-0.3, -0.25) is 4.79 Å². The normalized spacial score (nSPS) is 23.2. The topological polar surface area (TPSA) is 49.8 Å². The highest BCUT2D eigenvalue weighted by Crippen LogP contribution is 2.24. The first-order valence-electron chi connectivity index (χ1n) is 5.85. The minimum absolute atomic E-state index is 0.0557. The minimum atomic E-state index is -0.778. The van der Waals surface area contributed by atoms with Crippen LogP contribution in [-0.4, -0.2) is 41.2 Å². The van der Waals surface area contributed by atoms with Gasteiger partial charge in [0.25, 0.3) is 5.91 Å². The molecule has 1 fully saturated rings. The van der Waals surface area contributed by atoms with Gasteiger partial charge in [0.1, 0.15) is 5.75 Å². The van der Waals surface area contributed by atoms with E-state index in [1.54, 1.807) is 36.1 Å². The molecule has 1 aromatic rings. The van der Waals surface area contributed by atoms with Crippen LogP contribution in [-0.2, 0) is 4.79 Å². The van der Waals surface area contributed by atoms with Gasteiger partial charge in [0, 0.05) is 13.1 Å². The average molecular weight is 270 g/mol. The molecular formula is C13H16ClNO3. The molecule has 2 rings (SSSR count). The molecule has 98 valence electrons. The lowest BCUT2D eigenvalue weighted by Gasteiger charge is -2.19. The van der Waals surface area contributed by atoms with Crippen LogP contribution >= 0.6 is 11.6 Å². The molecule has 1 amide bonds. The number of amides is 1. The number of nitrogens with zero attached hydrogens (tertiary/aromatic N) is 1. The Morgan fingerprint density at radius 3 is 2.89 bits per heavy atom. The Hall–Kier alpha value is -1.26. The Labute approximate surface area is 111 Å². The first-order valence-corrected chi connectivity index (χ1v) is 6.23. The van der Waals surface area contributed by atoms with Crippen molar-refractivity contribution in [1.29, 1.82) is 0 Å². The van der Waals surface area contributed by atoms with Crippen LogP contribution in [0.4, 0.5) is 0 Å². The first kappa shape index (κ1) is 13.2. The Balaban J connectivity index is 1.88. The Morgan fingerprint density at radius 1 is 1.56 bits per heavy atom. The zero-order valence-electron chi connectivity index (χ0n) is 10.2. The quantitative estimate of drug-likeness (QED) is 0.909. The number of rotatable bonds is 3. The van der Waals surface area contributed by atoms with E-state index in [4.69, 9.17) is 16.3 Å². The third-order valence-corrected chi connectivity index (χ3v) is 3.30. The number of ether oxygens (including phenoxy) is 1. The zero-order chi connectivity index (χ0) is 13.2. The molecule has 0 radical (unpaired) electrons. The number of hydrogen-bond donors (Lipinski definition) is 1. The fourth-order valence-electron chi connectivity index (χ4n) is 1.95. The van der Waals surface area contributed by atoms with Crippen molar-refractivity contribution in [2.24, 2.45) is 0 Å². The van der Waals surface area contributed by atoms with Crippen LogP contribution in [0.15, 0.2) is 24.3 Å². The second-order valence-corrected chi connectivity index (χ2v) is 5.19. The first-order chi connectivity index (χ1) is 8.48. The van der Waals surface area contributed by atoms with E-state index >= 15 is 0 Å². The van der Waals surface area contributed by atoms with Gasteiger partial charge in [0.15, 0.2) is 6.61 Å². The molecule has 0 spiro atoms. The second kappa shape index (κ2) is 5.16. The van der Waals surface area contributed by atoms with E-state index in [1.165, 1.54) is 0 Å². The summed E-state index contributed by atoms with van der Waals surface area (Å²) in [6.45, 7) is 2.60. The molecule has 1 unspecified atom stereocenters. The van der Waals surface area contributed by atoms with Gasteiger partial charge in [-0.05, 0) is 25.5 Å². The maximum absolute atomic E-state index is 11.9. The van der Waals surface area contributed by atoms with Gasteiger partial charge in [-0.15, -0.1) is 0 Å². The van der Waals surface area contributed by atoms with Crippen molar-refractivity contribution >= 4 is 17.5 Å². The van der Waals surface area contributed by atoms with E-state index in [-0.39, 0.29) is 12.5 Å². The standard InChI is InChI=1S/C13H16ClNO3/c1-13(17)6-7-15(9-13)12(16)8-18-11-5-3-2-4-10(11)14/h2-5,17H,6-9H2,1H3. The summed E-state index contributed by atoms with van der Waals surface area (Å²) < 4.78 is 5.37. The van der Waals surface area contributed by atoms with E-state index in [2.05, 4.69) is 0 Å². The third kappa shape index (κ3) is 3.15. The fourth-order valence-corrected chi connectivity index (χ4v) is 2.14. The van der Waals surface area contributed by atoms with Crippen LogP contribution < -0.4 is 4.74 Å². The summed E-state index contributed by atoms with van der Waals surface area (Å²) in [5.41, 5.74) is -0.778. The predicted octanol–water partition coefficient (Wildman–Crippen LogP) is 1.70. The summed E-state index contributed by atoms with van der Waals surface area (Å²) in [5, 5.41) is 10.3. The van der Waals surface area contributed by atoms with Gasteiger partial charge in [0.05, 0.1) is 10.6 Å². The molecular weight excluding hydrogens is 254 g/mol. The number of likely N-dealkylation sites (tertiary alicyclic amines) is 1. The Bertz CT molecular complexity index is 448. The highest BCUT2D eigenvalue weighted by molar-refractivity contribution is 6.32. The molecule has 1 saturated heterocycles. The summed E-state index contributed by atoms with van der Waals surface area (Å²) in [5.74, 6) is 0.367. The number of benzene rings is 1. The number of para-hydroxylation sites is 1. The van der Waals surface area contributed by atoms with Gasteiger partial charge in [0.2, 0.25) is 0 Å². The van der Waals surface area contributed by atoms with Crippen LogP contribution in [0.2, 0.25) is 5.02 Å². The molecule has 0 aliphatic carbocycles. The molecule has 18 heavy (non-hydrogen) atoms. The van der Waals surface area contributed by atoms with Gasteiger partial charge >= 0.3 is 0 Å². The number of carbonyl (C=O) groups is 1. The van der Waals surface area contributed by atoms with Crippen molar-refractivity contribution in [2.45, 2.75) is 18.9 Å². The molecule has 1 aliphatic heterocycles. The van der Waals surface area contributed by atoms with Crippen LogP contribution in [0.5, 0.6) is 5.75 Å². The van der Waals surface area contributed by atoms with E-state index in [9.17, 15) is 9.90 Å². The van der Waals surface area contributed by atoms with Crippen LogP contribution in [0.25, 0.3) is 0 Å². The molecule has 0 bridgehead atoms. The van der Waals surface area contributed by atoms with Crippen LogP contribution in [0.1, 0.15) is 13.3 Å². The Kier molecular flexibility index (Phi) is 3.78. The van der Waals surface area contributed by atoms with Crippen molar-refractivity contribution in [1.82, 2.24) is 4.90 Å². The monoisotopic (exact) mass is 269 g/mol. The molecule has 1 N–H and O–H groups in total. The van der Waals surface area contributed by atoms with Crippen molar-refractivity contribution in [2.75, 3.05) is 19.7 Å². The molecule has 1 aliphatic rings. The number of hydrogen-bond acceptors (Lipinski definition) is 3. The van der Waals surface area contributed by atoms with Gasteiger partial charge < -0.3 is 14.7 Å². The lowest BCUT2D eigenvalue weighted by atomic mass is 10.1. The lowest BCUT2D eigenvalue weighted by Crippen LogP contribution is -2.36. The fraction of sp³-hybridized carbons (Fsp3) is 0.462. The summed E-state index contributed by atoms with van der Waals surface area (Å²) in [7, 11) is 0. The summed E-state index contributed by atoms with van der Waals surface area (Å²) in [4.78, 5) is 13.5. The number of carbonyl (C=O) groups excluding carboxylic acids is 1. The highest BCUT2D eigenvalue weighted by atomic mass is 35.5. The minimum Gasteiger partial charge on any atom is -0.482 e. The smallest absolute Gasteiger partial charge is 0.260 e. The van der Waals surface area contributed by atoms with E-state index < -0.39 is 5.60 Å². The average Bonchev–Trinajstić information content (AvgIpc) is 2.68. The van der Waals surface area contributed by atoms with Crippen molar-refractivity contribution in [3.63, 3.8) is 0 Å². The van der Waals surface area contributed by atoms with Crippen molar-refractivity contribution < 1.29 is 14.6 Å². The van der Waals surface area contributed by atoms with Crippen LogP contribution in [0, 0.1) is 0 Å². The van der Waals surface area contributed by atoms with E-state index in [1.807, 2.05) is 0 Å². The largest absolute Gasteiger partial charge is 0.482 e. The summed E-state index contributed by atoms with van der Waals surface area (Å²) in [6, 6.07) is 7.03. The van der Waals surface area contributed by atoms with E-state index in [0.717, 1.165) is 0 Å². The third-order valence-electron chi connectivity index (χ3n) is 2.99. The molecule has 1 aromatic carbocycles. The maximum atomic E-state index is 11.9. The van der Waals surface area contributed by atoms with Gasteiger partial charge in [-0.2, -0.15) is 0 Å². The zero-order valence-corrected chi connectivity index (χ0v) is 11.0. The number of β-amino-alcohol motifs (C(OH)–C–C–N with tert-alkyl or cyclic N) is 1. The van der Waals surface area contributed by atoms with Crippen LogP contribution in [0.3, 0.4) is 0 Å². The predicted molar refractivity (Wildman–Crippen MR) is 68.8 cm³/mol. The molecule has 0 aromatic heterocycles. The van der Waals surface area contributed by atoms with E-state index in [0.29, 0.717) is 30.3 Å². The van der Waals surface area contributed by atoms with Gasteiger partial charge in [-0.1, -0.05) is 23.7 Å². The van der Waals surface area contributed by atoms with Gasteiger partial charge in [-0.25, -0.2) is 0 Å². The molecule has 4 nitrogen and oxygen atoms in total. The number of aliphatic hydroxyl groups is 1. The number of halogens is 1. The van der Waals surface area contributed by atoms with Crippen molar-refractivity contribution in [3.05, 3.63) is 29.3 Å². The Morgan fingerprint density at radius 2 is 2.28 bits per heavy atom.